The van der Waals surface area contributed by atoms with Gasteiger partial charge in [0, 0.05) is 18.8 Å². The lowest BCUT2D eigenvalue weighted by atomic mass is 9.90. The summed E-state index contributed by atoms with van der Waals surface area (Å²) in [6, 6.07) is 8.76. The minimum Gasteiger partial charge on any atom is -0.372 e. The van der Waals surface area contributed by atoms with Gasteiger partial charge in [0.05, 0.1) is 0 Å². The van der Waals surface area contributed by atoms with Gasteiger partial charge in [-0.2, -0.15) is 0 Å². The van der Waals surface area contributed by atoms with Crippen molar-refractivity contribution >= 4 is 11.6 Å². The molecule has 19 heavy (non-hydrogen) atoms. The van der Waals surface area contributed by atoms with E-state index in [1.807, 2.05) is 0 Å². The van der Waals surface area contributed by atoms with Crippen molar-refractivity contribution in [1.29, 1.82) is 0 Å². The van der Waals surface area contributed by atoms with E-state index in [4.69, 9.17) is 0 Å². The predicted molar refractivity (Wildman–Crippen MR) is 79.8 cm³/mol. The average molecular weight is 249 g/mol. The number of fused-ring (bicyclic) bond motifs is 3. The maximum absolute atomic E-state index is 2.56. The Labute approximate surface area is 114 Å². The van der Waals surface area contributed by atoms with Crippen LogP contribution in [0.1, 0.15) is 25.7 Å². The van der Waals surface area contributed by atoms with Crippen LogP contribution in [0, 0.1) is 0 Å². The molecule has 4 rings (SSSR count). The zero-order valence-electron chi connectivity index (χ0n) is 11.2. The van der Waals surface area contributed by atoms with Crippen LogP contribution in [0.25, 0.3) is 11.6 Å². The lowest BCUT2D eigenvalue weighted by Gasteiger charge is -2.32. The Hall–Kier alpha value is -1.76. The monoisotopic (exact) mass is 249 g/mol. The topological polar surface area (TPSA) is 3.24 Å². The highest BCUT2D eigenvalue weighted by Crippen LogP contribution is 2.28. The molecule has 1 aromatic carbocycles. The van der Waals surface area contributed by atoms with Crippen LogP contribution in [0.3, 0.4) is 0 Å². The molecule has 2 bridgehead atoms. The molecular formula is C18H19N. The summed E-state index contributed by atoms with van der Waals surface area (Å²) in [5.74, 6) is 0. The second kappa shape index (κ2) is 4.41. The molecule has 0 unspecified atom stereocenters. The molecule has 1 heteroatoms. The lowest BCUT2D eigenvalue weighted by Crippen LogP contribution is -2.33. The average Bonchev–Trinajstić information content (AvgIpc) is 2.48. The first-order valence-corrected chi connectivity index (χ1v) is 7.37. The maximum Gasteiger partial charge on any atom is 0.0372 e. The lowest BCUT2D eigenvalue weighted by molar-refractivity contribution is 0.293. The zero-order chi connectivity index (χ0) is 12.7. The third-order valence-electron chi connectivity index (χ3n) is 4.42. The van der Waals surface area contributed by atoms with Gasteiger partial charge in [0.1, 0.15) is 0 Å². The van der Waals surface area contributed by atoms with Crippen LogP contribution >= 0.6 is 0 Å². The number of benzene rings is 1. The molecule has 2 aliphatic carbocycles. The summed E-state index contributed by atoms with van der Waals surface area (Å²) in [6.45, 7) is 2.45. The van der Waals surface area contributed by atoms with Gasteiger partial charge >= 0.3 is 0 Å². The molecule has 3 aliphatic rings. The molecule has 1 fully saturated rings. The molecule has 0 radical (unpaired) electrons. The van der Waals surface area contributed by atoms with Crippen molar-refractivity contribution in [2.24, 2.45) is 0 Å². The largest absolute Gasteiger partial charge is 0.372 e. The second-order valence-electron chi connectivity index (χ2n) is 5.77. The third kappa shape index (κ3) is 1.94. The number of rotatable bonds is 1. The van der Waals surface area contributed by atoms with Crippen LogP contribution in [0.4, 0.5) is 0 Å². The first-order chi connectivity index (χ1) is 9.40. The SMILES string of the molecule is C1=C2C=c3ccccc3=C(C=C1N1CCCCC1)C2. The van der Waals surface area contributed by atoms with Gasteiger partial charge in [0.15, 0.2) is 0 Å². The van der Waals surface area contributed by atoms with Gasteiger partial charge in [-0.25, -0.2) is 0 Å². The van der Waals surface area contributed by atoms with Gasteiger partial charge in [-0.1, -0.05) is 30.3 Å². The Morgan fingerprint density at radius 2 is 1.68 bits per heavy atom. The van der Waals surface area contributed by atoms with Crippen molar-refractivity contribution in [2.75, 3.05) is 13.1 Å². The highest BCUT2D eigenvalue weighted by Gasteiger charge is 2.18. The van der Waals surface area contributed by atoms with Gasteiger partial charge in [0.25, 0.3) is 0 Å². The van der Waals surface area contributed by atoms with Crippen molar-refractivity contribution in [2.45, 2.75) is 25.7 Å². The summed E-state index contributed by atoms with van der Waals surface area (Å²) in [4.78, 5) is 2.56. The van der Waals surface area contributed by atoms with Gasteiger partial charge in [-0.15, -0.1) is 0 Å². The van der Waals surface area contributed by atoms with Crippen LogP contribution in [-0.4, -0.2) is 18.0 Å². The molecule has 0 saturated carbocycles. The highest BCUT2D eigenvalue weighted by molar-refractivity contribution is 5.73. The molecule has 1 nitrogen and oxygen atoms in total. The Bertz CT molecular complexity index is 685. The fourth-order valence-corrected chi connectivity index (χ4v) is 3.45. The molecule has 1 saturated heterocycles. The predicted octanol–water partition coefficient (Wildman–Crippen LogP) is 2.33. The van der Waals surface area contributed by atoms with Gasteiger partial charge < -0.3 is 4.90 Å². The molecule has 1 aliphatic heterocycles. The zero-order valence-corrected chi connectivity index (χ0v) is 11.2. The van der Waals surface area contributed by atoms with Crippen LogP contribution in [0.15, 0.2) is 47.7 Å². The smallest absolute Gasteiger partial charge is 0.0372 e. The van der Waals surface area contributed by atoms with E-state index in [1.165, 1.54) is 59.6 Å². The fourth-order valence-electron chi connectivity index (χ4n) is 3.45. The standard InChI is InChI=1S/C18H19N/c1-4-8-19(9-5-1)17-12-14-10-15-6-2-3-7-18(15)16(11-14)13-17/h2-3,6-7,10,12-13H,1,4-5,8-9,11H2. The van der Waals surface area contributed by atoms with E-state index in [9.17, 15) is 0 Å². The van der Waals surface area contributed by atoms with Crippen molar-refractivity contribution in [3.8, 4) is 0 Å². The van der Waals surface area contributed by atoms with E-state index < -0.39 is 0 Å². The molecule has 0 atom stereocenters. The van der Waals surface area contributed by atoms with E-state index >= 15 is 0 Å². The highest BCUT2D eigenvalue weighted by atomic mass is 15.1. The van der Waals surface area contributed by atoms with Gasteiger partial charge in [-0.05, 0) is 59.4 Å². The van der Waals surface area contributed by atoms with E-state index in [0.29, 0.717) is 0 Å². The van der Waals surface area contributed by atoms with Crippen LogP contribution in [0.2, 0.25) is 0 Å². The minimum absolute atomic E-state index is 1.11. The summed E-state index contributed by atoms with van der Waals surface area (Å²) < 4.78 is 0. The number of allylic oxidation sites excluding steroid dienone is 3. The Morgan fingerprint density at radius 3 is 2.58 bits per heavy atom. The summed E-state index contributed by atoms with van der Waals surface area (Å²) in [5, 5.41) is 2.80. The Balaban J connectivity index is 1.83. The summed E-state index contributed by atoms with van der Waals surface area (Å²) in [5.41, 5.74) is 4.40. The number of piperidine rings is 1. The van der Waals surface area contributed by atoms with Crippen LogP contribution in [0.5, 0.6) is 0 Å². The number of nitrogens with zero attached hydrogens (tertiary/aromatic N) is 1. The van der Waals surface area contributed by atoms with Crippen LogP contribution in [-0.2, 0) is 0 Å². The molecule has 1 aromatic rings. The Morgan fingerprint density at radius 1 is 0.842 bits per heavy atom. The Kier molecular flexibility index (Phi) is 2.58. The van der Waals surface area contributed by atoms with Crippen molar-refractivity contribution in [3.63, 3.8) is 0 Å². The van der Waals surface area contributed by atoms with Crippen LogP contribution < -0.4 is 10.4 Å². The molecule has 0 spiro atoms. The number of likely N-dealkylation sites (tertiary alicyclic amines) is 1. The molecule has 0 N–H and O–H groups in total. The van der Waals surface area contributed by atoms with Crippen molar-refractivity contribution in [3.05, 3.63) is 58.1 Å². The minimum atomic E-state index is 1.11. The molecule has 0 amide bonds. The molecule has 1 heterocycles. The molecular weight excluding hydrogens is 230 g/mol. The van der Waals surface area contributed by atoms with Crippen molar-refractivity contribution < 1.29 is 0 Å². The van der Waals surface area contributed by atoms with E-state index in [0.717, 1.165) is 6.42 Å². The van der Waals surface area contributed by atoms with Gasteiger partial charge in [-0.3, -0.25) is 0 Å². The normalized spacial score (nSPS) is 21.3. The number of hydrogen-bond acceptors (Lipinski definition) is 1. The second-order valence-corrected chi connectivity index (χ2v) is 5.77. The quantitative estimate of drug-likeness (QED) is 0.738. The summed E-state index contributed by atoms with van der Waals surface area (Å²) >= 11 is 0. The van der Waals surface area contributed by atoms with E-state index in [-0.39, 0.29) is 0 Å². The van der Waals surface area contributed by atoms with Crippen molar-refractivity contribution in [1.82, 2.24) is 4.90 Å². The molecule has 0 aromatic heterocycles. The van der Waals surface area contributed by atoms with Gasteiger partial charge in [0.2, 0.25) is 0 Å². The first-order valence-electron chi connectivity index (χ1n) is 7.37. The summed E-state index contributed by atoms with van der Waals surface area (Å²) in [6.07, 6.45) is 12.4. The van der Waals surface area contributed by atoms with E-state index in [2.05, 4.69) is 47.4 Å². The first kappa shape index (κ1) is 11.1. The molecule has 96 valence electrons. The fraction of sp³-hybridized carbons (Fsp3) is 0.333. The third-order valence-corrected chi connectivity index (χ3v) is 4.42. The maximum atomic E-state index is 2.56. The summed E-state index contributed by atoms with van der Waals surface area (Å²) in [7, 11) is 0. The number of hydrogen-bond donors (Lipinski definition) is 0. The van der Waals surface area contributed by atoms with E-state index in [1.54, 1.807) is 0 Å².